The van der Waals surface area contributed by atoms with E-state index in [1.807, 2.05) is 13.8 Å². The Labute approximate surface area is 85.1 Å². The molecule has 0 heterocycles. The summed E-state index contributed by atoms with van der Waals surface area (Å²) in [6, 6.07) is 0. The molecule has 3 N–H and O–H groups in total. The van der Waals surface area contributed by atoms with Gasteiger partial charge in [-0.2, -0.15) is 0 Å². The van der Waals surface area contributed by atoms with Crippen LogP contribution in [0.3, 0.4) is 0 Å². The molecule has 1 rings (SSSR count). The van der Waals surface area contributed by atoms with Gasteiger partial charge in [-0.3, -0.25) is 9.63 Å². The van der Waals surface area contributed by atoms with Crippen molar-refractivity contribution in [2.45, 2.75) is 33.1 Å². The fraction of sp³-hybridized carbons (Fsp3) is 0.900. The van der Waals surface area contributed by atoms with Crippen molar-refractivity contribution in [3.05, 3.63) is 0 Å². The third kappa shape index (κ3) is 2.45. The SMILES string of the molecule is CC(C)CONC(=O)C1(CN)CCC1. The molecule has 1 aliphatic carbocycles. The molecule has 0 saturated heterocycles. The van der Waals surface area contributed by atoms with Crippen LogP contribution >= 0.6 is 0 Å². The molecule has 0 aromatic heterocycles. The van der Waals surface area contributed by atoms with Crippen LogP contribution in [0.2, 0.25) is 0 Å². The molecule has 4 heteroatoms. The van der Waals surface area contributed by atoms with Gasteiger partial charge in [-0.05, 0) is 18.8 Å². The first-order valence-corrected chi connectivity index (χ1v) is 5.23. The van der Waals surface area contributed by atoms with Crippen molar-refractivity contribution in [3.63, 3.8) is 0 Å². The smallest absolute Gasteiger partial charge is 0.251 e. The highest BCUT2D eigenvalue weighted by molar-refractivity contribution is 5.82. The van der Waals surface area contributed by atoms with Crippen molar-refractivity contribution in [2.75, 3.05) is 13.2 Å². The van der Waals surface area contributed by atoms with Gasteiger partial charge in [-0.15, -0.1) is 0 Å². The number of nitrogens with two attached hydrogens (primary N) is 1. The van der Waals surface area contributed by atoms with Crippen LogP contribution in [0.5, 0.6) is 0 Å². The maximum atomic E-state index is 11.6. The Morgan fingerprint density at radius 3 is 2.57 bits per heavy atom. The summed E-state index contributed by atoms with van der Waals surface area (Å²) in [6.07, 6.45) is 2.87. The summed E-state index contributed by atoms with van der Waals surface area (Å²) in [5.74, 6) is 0.373. The Morgan fingerprint density at radius 1 is 1.57 bits per heavy atom. The van der Waals surface area contributed by atoms with Gasteiger partial charge in [-0.1, -0.05) is 20.3 Å². The van der Waals surface area contributed by atoms with E-state index in [2.05, 4.69) is 5.48 Å². The number of hydrogen-bond donors (Lipinski definition) is 2. The molecule has 1 aliphatic rings. The number of hydrogen-bond acceptors (Lipinski definition) is 3. The van der Waals surface area contributed by atoms with E-state index in [0.717, 1.165) is 19.3 Å². The molecule has 14 heavy (non-hydrogen) atoms. The first-order valence-electron chi connectivity index (χ1n) is 5.23. The molecule has 4 nitrogen and oxygen atoms in total. The fourth-order valence-corrected chi connectivity index (χ4v) is 1.51. The monoisotopic (exact) mass is 200 g/mol. The normalized spacial score (nSPS) is 19.1. The Bertz CT molecular complexity index is 195. The quantitative estimate of drug-likeness (QED) is 0.646. The molecule has 1 saturated carbocycles. The standard InChI is InChI=1S/C10H20N2O2/c1-8(2)6-14-12-9(13)10(7-11)4-3-5-10/h8H,3-7,11H2,1-2H3,(H,12,13). The number of nitrogens with one attached hydrogen (secondary N) is 1. The molecule has 0 atom stereocenters. The van der Waals surface area contributed by atoms with Crippen LogP contribution in [-0.2, 0) is 9.63 Å². The zero-order valence-electron chi connectivity index (χ0n) is 9.01. The van der Waals surface area contributed by atoms with Crippen molar-refractivity contribution in [2.24, 2.45) is 17.1 Å². The third-order valence-corrected chi connectivity index (χ3v) is 2.76. The van der Waals surface area contributed by atoms with Crippen molar-refractivity contribution in [3.8, 4) is 0 Å². The van der Waals surface area contributed by atoms with Crippen LogP contribution in [0.4, 0.5) is 0 Å². The first kappa shape index (κ1) is 11.5. The fourth-order valence-electron chi connectivity index (χ4n) is 1.51. The highest BCUT2D eigenvalue weighted by atomic mass is 16.7. The lowest BCUT2D eigenvalue weighted by atomic mass is 9.68. The van der Waals surface area contributed by atoms with Gasteiger partial charge in [0, 0.05) is 6.54 Å². The zero-order valence-corrected chi connectivity index (χ0v) is 9.01. The molecule has 0 aromatic carbocycles. The molecule has 0 aliphatic heterocycles. The Morgan fingerprint density at radius 2 is 2.21 bits per heavy atom. The van der Waals surface area contributed by atoms with Gasteiger partial charge >= 0.3 is 0 Å². The summed E-state index contributed by atoms with van der Waals surface area (Å²) < 4.78 is 0. The van der Waals surface area contributed by atoms with E-state index in [0.29, 0.717) is 19.1 Å². The van der Waals surface area contributed by atoms with Crippen molar-refractivity contribution in [1.82, 2.24) is 5.48 Å². The second kappa shape index (κ2) is 4.75. The van der Waals surface area contributed by atoms with Crippen molar-refractivity contribution >= 4 is 5.91 Å². The van der Waals surface area contributed by atoms with E-state index in [1.165, 1.54) is 0 Å². The lowest BCUT2D eigenvalue weighted by Crippen LogP contribution is -2.50. The first-order chi connectivity index (χ1) is 6.60. The van der Waals surface area contributed by atoms with Crippen molar-refractivity contribution in [1.29, 1.82) is 0 Å². The highest BCUT2D eigenvalue weighted by Crippen LogP contribution is 2.39. The Hall–Kier alpha value is -0.610. The van der Waals surface area contributed by atoms with Gasteiger partial charge in [0.1, 0.15) is 0 Å². The van der Waals surface area contributed by atoms with Crippen LogP contribution < -0.4 is 11.2 Å². The van der Waals surface area contributed by atoms with Gasteiger partial charge in [0.15, 0.2) is 0 Å². The van der Waals surface area contributed by atoms with E-state index in [9.17, 15) is 4.79 Å². The molecular formula is C10H20N2O2. The lowest BCUT2D eigenvalue weighted by Gasteiger charge is -2.38. The van der Waals surface area contributed by atoms with Crippen molar-refractivity contribution < 1.29 is 9.63 Å². The predicted octanol–water partition coefficient (Wildman–Crippen LogP) is 0.819. The van der Waals surface area contributed by atoms with E-state index in [-0.39, 0.29) is 11.3 Å². The molecule has 0 bridgehead atoms. The maximum absolute atomic E-state index is 11.6. The molecule has 82 valence electrons. The molecule has 0 aromatic rings. The minimum atomic E-state index is -0.336. The summed E-state index contributed by atoms with van der Waals surface area (Å²) in [4.78, 5) is 16.7. The van der Waals surface area contributed by atoms with E-state index in [1.54, 1.807) is 0 Å². The molecule has 1 amide bonds. The maximum Gasteiger partial charge on any atom is 0.251 e. The van der Waals surface area contributed by atoms with E-state index >= 15 is 0 Å². The zero-order chi connectivity index (χ0) is 10.6. The van der Waals surface area contributed by atoms with Gasteiger partial charge in [0.05, 0.1) is 12.0 Å². The summed E-state index contributed by atoms with van der Waals surface area (Å²) in [6.45, 7) is 5.04. The summed E-state index contributed by atoms with van der Waals surface area (Å²) in [5.41, 5.74) is 7.74. The summed E-state index contributed by atoms with van der Waals surface area (Å²) in [7, 11) is 0. The van der Waals surface area contributed by atoms with Gasteiger partial charge in [0.25, 0.3) is 5.91 Å². The van der Waals surface area contributed by atoms with Gasteiger partial charge < -0.3 is 5.73 Å². The Balaban J connectivity index is 2.27. The number of carbonyl (C=O) groups is 1. The van der Waals surface area contributed by atoms with Crippen LogP contribution in [0, 0.1) is 11.3 Å². The van der Waals surface area contributed by atoms with Crippen LogP contribution in [0.15, 0.2) is 0 Å². The number of rotatable bonds is 5. The molecule has 0 spiro atoms. The average molecular weight is 200 g/mol. The summed E-state index contributed by atoms with van der Waals surface area (Å²) >= 11 is 0. The highest BCUT2D eigenvalue weighted by Gasteiger charge is 2.43. The molecule has 0 unspecified atom stereocenters. The van der Waals surface area contributed by atoms with Gasteiger partial charge in [-0.25, -0.2) is 5.48 Å². The summed E-state index contributed by atoms with van der Waals surface area (Å²) in [5, 5.41) is 0. The molecular weight excluding hydrogens is 180 g/mol. The number of amides is 1. The average Bonchev–Trinajstić information content (AvgIpc) is 2.02. The number of carbonyl (C=O) groups excluding carboxylic acids is 1. The minimum Gasteiger partial charge on any atom is -0.329 e. The predicted molar refractivity (Wildman–Crippen MR) is 54.3 cm³/mol. The third-order valence-electron chi connectivity index (χ3n) is 2.76. The molecule has 1 fully saturated rings. The van der Waals surface area contributed by atoms with Crippen LogP contribution in [-0.4, -0.2) is 19.1 Å². The van der Waals surface area contributed by atoms with E-state index < -0.39 is 0 Å². The second-order valence-electron chi connectivity index (χ2n) is 4.47. The second-order valence-corrected chi connectivity index (χ2v) is 4.47. The minimum absolute atomic E-state index is 0.0492. The lowest BCUT2D eigenvalue weighted by molar-refractivity contribution is -0.149. The molecule has 0 radical (unpaired) electrons. The van der Waals surface area contributed by atoms with E-state index in [4.69, 9.17) is 10.6 Å². The Kier molecular flexibility index (Phi) is 3.89. The number of hydroxylamine groups is 1. The van der Waals surface area contributed by atoms with Gasteiger partial charge in [0.2, 0.25) is 0 Å². The van der Waals surface area contributed by atoms with Crippen LogP contribution in [0.1, 0.15) is 33.1 Å². The van der Waals surface area contributed by atoms with Crippen LogP contribution in [0.25, 0.3) is 0 Å². The topological polar surface area (TPSA) is 64.3 Å². The largest absolute Gasteiger partial charge is 0.329 e.